The molecule has 2 aliphatic rings. The van der Waals surface area contributed by atoms with Gasteiger partial charge in [0.1, 0.15) is 11.6 Å². The molecule has 2 aromatic rings. The van der Waals surface area contributed by atoms with Gasteiger partial charge < -0.3 is 19.4 Å². The second-order valence-electron chi connectivity index (χ2n) is 7.86. The quantitative estimate of drug-likeness (QED) is 0.726. The molecule has 0 spiro atoms. The minimum absolute atomic E-state index is 0.0106. The summed E-state index contributed by atoms with van der Waals surface area (Å²) in [5, 5.41) is 0. The zero-order chi connectivity index (χ0) is 21.8. The molecular formula is C23H29N5O3. The number of methoxy groups -OCH3 is 1. The topological polar surface area (TPSA) is 69.2 Å². The van der Waals surface area contributed by atoms with Crippen LogP contribution in [0, 0.1) is 0 Å². The van der Waals surface area contributed by atoms with E-state index in [0.29, 0.717) is 31.9 Å². The summed E-state index contributed by atoms with van der Waals surface area (Å²) in [6, 6.07) is 13.0. The first-order valence-electron chi connectivity index (χ1n) is 10.7. The minimum Gasteiger partial charge on any atom is -0.495 e. The summed E-state index contributed by atoms with van der Waals surface area (Å²) < 4.78 is 5.42. The molecule has 0 radical (unpaired) electrons. The number of piperazine rings is 2. The molecule has 0 saturated carbocycles. The van der Waals surface area contributed by atoms with Crippen molar-refractivity contribution in [3.8, 4) is 5.75 Å². The smallest absolute Gasteiger partial charge is 0.244 e. The molecule has 2 fully saturated rings. The van der Waals surface area contributed by atoms with Crippen LogP contribution in [0.1, 0.15) is 6.92 Å². The summed E-state index contributed by atoms with van der Waals surface area (Å²) in [4.78, 5) is 38.2. The Balaban J connectivity index is 1.33. The molecule has 164 valence electrons. The van der Waals surface area contributed by atoms with Crippen LogP contribution >= 0.6 is 0 Å². The second-order valence-corrected chi connectivity index (χ2v) is 7.86. The lowest BCUT2D eigenvalue weighted by Gasteiger charge is -2.41. The van der Waals surface area contributed by atoms with Crippen molar-refractivity contribution in [1.29, 1.82) is 0 Å². The molecule has 0 unspecified atom stereocenters. The monoisotopic (exact) mass is 423 g/mol. The zero-order valence-electron chi connectivity index (χ0n) is 18.1. The number of anilines is 2. The fourth-order valence-corrected chi connectivity index (χ4v) is 4.22. The SMILES string of the molecule is COc1ccccc1N1CCN(CC(=O)N2CCN(c3ccccn3)CC2)[C@H](C)C1=O. The van der Waals surface area contributed by atoms with E-state index in [1.54, 1.807) is 18.2 Å². The maximum absolute atomic E-state index is 13.1. The largest absolute Gasteiger partial charge is 0.495 e. The molecule has 3 heterocycles. The number of hydrogen-bond donors (Lipinski definition) is 0. The molecule has 8 heteroatoms. The number of aromatic nitrogens is 1. The third-order valence-electron chi connectivity index (χ3n) is 6.10. The fourth-order valence-electron chi connectivity index (χ4n) is 4.22. The second kappa shape index (κ2) is 9.34. The highest BCUT2D eigenvalue weighted by Crippen LogP contribution is 2.30. The van der Waals surface area contributed by atoms with E-state index in [2.05, 4.69) is 9.88 Å². The van der Waals surface area contributed by atoms with E-state index in [-0.39, 0.29) is 24.4 Å². The van der Waals surface area contributed by atoms with Gasteiger partial charge in [0.2, 0.25) is 11.8 Å². The van der Waals surface area contributed by atoms with Gasteiger partial charge in [0.05, 0.1) is 25.4 Å². The molecule has 2 saturated heterocycles. The highest BCUT2D eigenvalue weighted by molar-refractivity contribution is 5.99. The van der Waals surface area contributed by atoms with Gasteiger partial charge in [0.25, 0.3) is 0 Å². The highest BCUT2D eigenvalue weighted by Gasteiger charge is 2.35. The maximum Gasteiger partial charge on any atom is 0.244 e. The number of hydrogen-bond acceptors (Lipinski definition) is 6. The first-order chi connectivity index (χ1) is 15.1. The first kappa shape index (κ1) is 21.1. The summed E-state index contributed by atoms with van der Waals surface area (Å²) in [6.45, 7) is 6.16. The molecule has 31 heavy (non-hydrogen) atoms. The van der Waals surface area contributed by atoms with E-state index in [4.69, 9.17) is 4.74 Å². The normalized spacial score (nSPS) is 20.1. The highest BCUT2D eigenvalue weighted by atomic mass is 16.5. The van der Waals surface area contributed by atoms with Gasteiger partial charge in [-0.3, -0.25) is 14.5 Å². The molecule has 0 N–H and O–H groups in total. The van der Waals surface area contributed by atoms with Crippen LogP contribution in [0.25, 0.3) is 0 Å². The molecule has 1 aromatic heterocycles. The van der Waals surface area contributed by atoms with E-state index in [0.717, 1.165) is 24.6 Å². The lowest BCUT2D eigenvalue weighted by atomic mass is 10.1. The Morgan fingerprint density at radius 1 is 1.03 bits per heavy atom. The van der Waals surface area contributed by atoms with Gasteiger partial charge in [-0.05, 0) is 31.2 Å². The van der Waals surface area contributed by atoms with Crippen LogP contribution < -0.4 is 14.5 Å². The molecule has 8 nitrogen and oxygen atoms in total. The number of carbonyl (C=O) groups is 2. The average molecular weight is 424 g/mol. The molecule has 0 aliphatic carbocycles. The van der Waals surface area contributed by atoms with Crippen LogP contribution in [-0.4, -0.2) is 85.6 Å². The molecule has 4 rings (SSSR count). The van der Waals surface area contributed by atoms with E-state index >= 15 is 0 Å². The number of nitrogens with zero attached hydrogens (tertiary/aromatic N) is 5. The third kappa shape index (κ3) is 4.49. The van der Waals surface area contributed by atoms with Crippen LogP contribution in [0.15, 0.2) is 48.7 Å². The minimum atomic E-state index is -0.363. The van der Waals surface area contributed by atoms with Crippen LogP contribution in [0.3, 0.4) is 0 Å². The number of pyridine rings is 1. The van der Waals surface area contributed by atoms with Gasteiger partial charge in [-0.15, -0.1) is 0 Å². The summed E-state index contributed by atoms with van der Waals surface area (Å²) in [7, 11) is 1.61. The van der Waals surface area contributed by atoms with E-state index in [1.807, 2.05) is 59.2 Å². The van der Waals surface area contributed by atoms with Crippen molar-refractivity contribution >= 4 is 23.3 Å². The van der Waals surface area contributed by atoms with E-state index in [1.165, 1.54) is 0 Å². The van der Waals surface area contributed by atoms with Crippen molar-refractivity contribution in [3.63, 3.8) is 0 Å². The molecule has 1 aromatic carbocycles. The maximum atomic E-state index is 13.1. The Morgan fingerprint density at radius 2 is 1.77 bits per heavy atom. The summed E-state index contributed by atoms with van der Waals surface area (Å²) >= 11 is 0. The number of rotatable bonds is 5. The fraction of sp³-hybridized carbons (Fsp3) is 0.435. The standard InChI is InChI=1S/C23H29N5O3/c1-18-23(30)28(19-7-3-4-8-20(19)31-2)16-15-27(18)17-22(29)26-13-11-25(12-14-26)21-9-5-6-10-24-21/h3-10,18H,11-17H2,1-2H3/t18-/m1/s1. The Morgan fingerprint density at radius 3 is 2.48 bits per heavy atom. The number of para-hydroxylation sites is 2. The van der Waals surface area contributed by atoms with Crippen molar-refractivity contribution < 1.29 is 14.3 Å². The zero-order valence-corrected chi connectivity index (χ0v) is 18.1. The van der Waals surface area contributed by atoms with Gasteiger partial charge in [-0.1, -0.05) is 18.2 Å². The Bertz CT molecular complexity index is 914. The van der Waals surface area contributed by atoms with Gasteiger partial charge in [0, 0.05) is 45.5 Å². The predicted octanol–water partition coefficient (Wildman–Crippen LogP) is 1.48. The van der Waals surface area contributed by atoms with Gasteiger partial charge in [-0.25, -0.2) is 4.98 Å². The van der Waals surface area contributed by atoms with Gasteiger partial charge in [-0.2, -0.15) is 0 Å². The third-order valence-corrected chi connectivity index (χ3v) is 6.10. The van der Waals surface area contributed by atoms with Crippen LogP contribution in [-0.2, 0) is 9.59 Å². The summed E-state index contributed by atoms with van der Waals surface area (Å²) in [5.41, 5.74) is 0.776. The van der Waals surface area contributed by atoms with Crippen LogP contribution in [0.4, 0.5) is 11.5 Å². The van der Waals surface area contributed by atoms with Gasteiger partial charge in [0.15, 0.2) is 0 Å². The lowest BCUT2D eigenvalue weighted by Crippen LogP contribution is -2.59. The first-order valence-corrected chi connectivity index (χ1v) is 10.7. The van der Waals surface area contributed by atoms with Gasteiger partial charge >= 0.3 is 0 Å². The Hall–Kier alpha value is -3.13. The summed E-state index contributed by atoms with van der Waals surface area (Å²) in [6.07, 6.45) is 1.79. The molecule has 2 amide bonds. The number of ether oxygens (including phenoxy) is 1. The molecule has 1 atom stereocenters. The van der Waals surface area contributed by atoms with Crippen molar-refractivity contribution in [2.24, 2.45) is 0 Å². The number of benzene rings is 1. The van der Waals surface area contributed by atoms with Crippen molar-refractivity contribution in [1.82, 2.24) is 14.8 Å². The van der Waals surface area contributed by atoms with E-state index in [9.17, 15) is 9.59 Å². The van der Waals surface area contributed by atoms with E-state index < -0.39 is 0 Å². The predicted molar refractivity (Wildman–Crippen MR) is 119 cm³/mol. The molecule has 2 aliphatic heterocycles. The average Bonchev–Trinajstić information content (AvgIpc) is 2.83. The number of carbonyl (C=O) groups excluding carboxylic acids is 2. The number of amides is 2. The summed E-state index contributed by atoms with van der Waals surface area (Å²) in [5.74, 6) is 1.69. The van der Waals surface area contributed by atoms with Crippen molar-refractivity contribution in [3.05, 3.63) is 48.7 Å². The van der Waals surface area contributed by atoms with Crippen molar-refractivity contribution in [2.75, 3.05) is 62.7 Å². The molecule has 0 bridgehead atoms. The molecular weight excluding hydrogens is 394 g/mol. The Kier molecular flexibility index (Phi) is 6.36. The Labute approximate surface area is 183 Å². The van der Waals surface area contributed by atoms with Crippen LogP contribution in [0.5, 0.6) is 5.75 Å². The van der Waals surface area contributed by atoms with Crippen molar-refractivity contribution in [2.45, 2.75) is 13.0 Å². The van der Waals surface area contributed by atoms with Crippen LogP contribution in [0.2, 0.25) is 0 Å². The lowest BCUT2D eigenvalue weighted by molar-refractivity contribution is -0.135.